The van der Waals surface area contributed by atoms with Crippen LogP contribution in [0.3, 0.4) is 0 Å². The molecule has 1 aromatic heterocycles. The quantitative estimate of drug-likeness (QED) is 0.719. The highest BCUT2D eigenvalue weighted by molar-refractivity contribution is 5.25. The summed E-state index contributed by atoms with van der Waals surface area (Å²) in [7, 11) is 1.71. The van der Waals surface area contributed by atoms with E-state index in [1.807, 2.05) is 6.20 Å². The molecule has 0 spiro atoms. The molecule has 1 fully saturated rings. The van der Waals surface area contributed by atoms with Crippen molar-refractivity contribution < 1.29 is 9.47 Å². The van der Waals surface area contributed by atoms with Crippen LogP contribution in [0.1, 0.15) is 25.7 Å². The zero-order chi connectivity index (χ0) is 12.6. The van der Waals surface area contributed by atoms with Crippen LogP contribution in [0.4, 0.5) is 5.95 Å². The number of anilines is 1. The van der Waals surface area contributed by atoms with Crippen LogP contribution in [-0.4, -0.2) is 42.5 Å². The molecule has 1 N–H and O–H groups in total. The molecule has 5 nitrogen and oxygen atoms in total. The van der Waals surface area contributed by atoms with Crippen LogP contribution in [0, 0.1) is 0 Å². The van der Waals surface area contributed by atoms with Gasteiger partial charge in [-0.05, 0) is 12.8 Å². The first-order valence-electron chi connectivity index (χ1n) is 6.75. The highest BCUT2D eigenvalue weighted by atomic mass is 16.5. The van der Waals surface area contributed by atoms with Crippen molar-refractivity contribution in [3.63, 3.8) is 0 Å². The molecule has 1 aromatic rings. The maximum Gasteiger partial charge on any atom is 0.202 e. The highest BCUT2D eigenvalue weighted by Gasteiger charge is 2.14. The molecule has 0 amide bonds. The molecule has 5 heteroatoms. The fraction of sp³-hybridized carbons (Fsp3) is 0.769. The molecule has 1 saturated carbocycles. The molecule has 0 bridgehead atoms. The van der Waals surface area contributed by atoms with Gasteiger partial charge in [0.2, 0.25) is 5.95 Å². The van der Waals surface area contributed by atoms with Crippen LogP contribution in [0.5, 0.6) is 0 Å². The maximum atomic E-state index is 5.80. The Morgan fingerprint density at radius 1 is 1.39 bits per heavy atom. The lowest BCUT2D eigenvalue weighted by atomic mass is 10.3. The second kappa shape index (κ2) is 7.38. The van der Waals surface area contributed by atoms with Gasteiger partial charge in [-0.25, -0.2) is 4.98 Å². The lowest BCUT2D eigenvalue weighted by Crippen LogP contribution is -2.17. The summed E-state index contributed by atoms with van der Waals surface area (Å²) in [6.07, 6.45) is 9.33. The molecular formula is C13H23N3O2. The number of hydrogen-bond donors (Lipinski definition) is 1. The minimum absolute atomic E-state index is 0.486. The van der Waals surface area contributed by atoms with Crippen LogP contribution in [0.2, 0.25) is 0 Å². The number of rotatable bonds is 8. The van der Waals surface area contributed by atoms with Crippen molar-refractivity contribution in [2.24, 2.45) is 0 Å². The average molecular weight is 253 g/mol. The molecule has 1 aliphatic carbocycles. The Morgan fingerprint density at radius 2 is 2.22 bits per heavy atom. The van der Waals surface area contributed by atoms with Crippen molar-refractivity contribution in [1.29, 1.82) is 0 Å². The number of nitrogens with zero attached hydrogens (tertiary/aromatic N) is 2. The monoisotopic (exact) mass is 253 g/mol. The Morgan fingerprint density at radius 3 is 3.00 bits per heavy atom. The van der Waals surface area contributed by atoms with Gasteiger partial charge in [0.25, 0.3) is 0 Å². The van der Waals surface area contributed by atoms with Gasteiger partial charge in [0, 0.05) is 32.6 Å². The first-order chi connectivity index (χ1) is 8.90. The van der Waals surface area contributed by atoms with Crippen LogP contribution in [0.25, 0.3) is 0 Å². The van der Waals surface area contributed by atoms with Crippen LogP contribution in [0.15, 0.2) is 12.4 Å². The Bertz CT molecular complexity index is 335. The topological polar surface area (TPSA) is 48.3 Å². The molecule has 18 heavy (non-hydrogen) atoms. The summed E-state index contributed by atoms with van der Waals surface area (Å²) in [5.41, 5.74) is 0. The molecule has 102 valence electrons. The van der Waals surface area contributed by atoms with Gasteiger partial charge in [-0.15, -0.1) is 0 Å². The van der Waals surface area contributed by atoms with Crippen LogP contribution in [-0.2, 0) is 16.0 Å². The van der Waals surface area contributed by atoms with E-state index in [4.69, 9.17) is 9.47 Å². The third-order valence-corrected chi connectivity index (χ3v) is 3.29. The first-order valence-corrected chi connectivity index (χ1v) is 6.75. The molecule has 0 radical (unpaired) electrons. The Kier molecular flexibility index (Phi) is 5.48. The van der Waals surface area contributed by atoms with E-state index in [-0.39, 0.29) is 0 Å². The van der Waals surface area contributed by atoms with Crippen molar-refractivity contribution >= 4 is 5.95 Å². The van der Waals surface area contributed by atoms with Gasteiger partial charge in [-0.3, -0.25) is 0 Å². The van der Waals surface area contributed by atoms with E-state index in [9.17, 15) is 0 Å². The summed E-state index contributed by atoms with van der Waals surface area (Å²) in [5, 5.41) is 3.30. The van der Waals surface area contributed by atoms with E-state index >= 15 is 0 Å². The molecule has 0 atom stereocenters. The number of ether oxygens (including phenoxy) is 2. The van der Waals surface area contributed by atoms with E-state index in [2.05, 4.69) is 14.9 Å². The van der Waals surface area contributed by atoms with E-state index < -0.39 is 0 Å². The van der Waals surface area contributed by atoms with Crippen LogP contribution >= 0.6 is 0 Å². The van der Waals surface area contributed by atoms with Gasteiger partial charge in [0.15, 0.2) is 0 Å². The summed E-state index contributed by atoms with van der Waals surface area (Å²) in [5.74, 6) is 0.891. The molecular weight excluding hydrogens is 230 g/mol. The molecule has 0 saturated heterocycles. The lowest BCUT2D eigenvalue weighted by Gasteiger charge is -2.12. The lowest BCUT2D eigenvalue weighted by molar-refractivity contribution is 0.0658. The number of methoxy groups -OCH3 is 1. The third-order valence-electron chi connectivity index (χ3n) is 3.29. The van der Waals surface area contributed by atoms with Crippen molar-refractivity contribution in [1.82, 2.24) is 9.55 Å². The minimum atomic E-state index is 0.486. The second-order valence-electron chi connectivity index (χ2n) is 4.64. The number of hydrogen-bond acceptors (Lipinski definition) is 4. The Hall–Kier alpha value is -1.07. The summed E-state index contributed by atoms with van der Waals surface area (Å²) < 4.78 is 12.9. The molecule has 0 aliphatic heterocycles. The minimum Gasteiger partial charge on any atom is -0.383 e. The van der Waals surface area contributed by atoms with Gasteiger partial charge >= 0.3 is 0 Å². The molecule has 0 unspecified atom stereocenters. The summed E-state index contributed by atoms with van der Waals surface area (Å²) in [4.78, 5) is 4.28. The van der Waals surface area contributed by atoms with Gasteiger partial charge < -0.3 is 19.4 Å². The van der Waals surface area contributed by atoms with E-state index in [0.29, 0.717) is 12.7 Å². The van der Waals surface area contributed by atoms with Gasteiger partial charge in [0.05, 0.1) is 19.3 Å². The van der Waals surface area contributed by atoms with E-state index in [1.165, 1.54) is 25.7 Å². The molecule has 1 heterocycles. The van der Waals surface area contributed by atoms with E-state index in [0.717, 1.165) is 25.6 Å². The second-order valence-corrected chi connectivity index (χ2v) is 4.64. The Balaban J connectivity index is 1.64. The number of nitrogens with one attached hydrogen (secondary N) is 1. The summed E-state index contributed by atoms with van der Waals surface area (Å²) >= 11 is 0. The standard InChI is InChI=1S/C13H23N3O2/c1-17-11-9-16-8-6-14-13(16)15-7-10-18-12-4-2-3-5-12/h6,8,12H,2-5,7,9-11H2,1H3,(H,14,15). The van der Waals surface area contributed by atoms with Crippen molar-refractivity contribution in [2.45, 2.75) is 38.3 Å². The van der Waals surface area contributed by atoms with Gasteiger partial charge in [-0.2, -0.15) is 0 Å². The maximum absolute atomic E-state index is 5.80. The van der Waals surface area contributed by atoms with Crippen molar-refractivity contribution in [3.05, 3.63) is 12.4 Å². The smallest absolute Gasteiger partial charge is 0.202 e. The predicted molar refractivity (Wildman–Crippen MR) is 70.8 cm³/mol. The SMILES string of the molecule is COCCn1ccnc1NCCOC1CCCC1. The zero-order valence-corrected chi connectivity index (χ0v) is 11.1. The highest BCUT2D eigenvalue weighted by Crippen LogP contribution is 2.20. The van der Waals surface area contributed by atoms with E-state index in [1.54, 1.807) is 13.3 Å². The van der Waals surface area contributed by atoms with Gasteiger partial charge in [0.1, 0.15) is 0 Å². The molecule has 2 rings (SSSR count). The fourth-order valence-corrected chi connectivity index (χ4v) is 2.29. The number of imidazole rings is 1. The fourth-order valence-electron chi connectivity index (χ4n) is 2.29. The zero-order valence-electron chi connectivity index (χ0n) is 11.1. The third kappa shape index (κ3) is 3.99. The molecule has 0 aromatic carbocycles. The summed E-state index contributed by atoms with van der Waals surface area (Å²) in [6, 6.07) is 0. The first kappa shape index (κ1) is 13.4. The average Bonchev–Trinajstić information content (AvgIpc) is 3.03. The predicted octanol–water partition coefficient (Wildman–Crippen LogP) is 1.90. The molecule has 1 aliphatic rings. The largest absolute Gasteiger partial charge is 0.383 e. The van der Waals surface area contributed by atoms with Crippen molar-refractivity contribution in [2.75, 3.05) is 32.2 Å². The van der Waals surface area contributed by atoms with Crippen LogP contribution < -0.4 is 5.32 Å². The van der Waals surface area contributed by atoms with Crippen molar-refractivity contribution in [3.8, 4) is 0 Å². The number of aromatic nitrogens is 2. The normalized spacial score (nSPS) is 16.3. The Labute approximate surface area is 108 Å². The summed E-state index contributed by atoms with van der Waals surface area (Å²) in [6.45, 7) is 3.08. The van der Waals surface area contributed by atoms with Gasteiger partial charge in [-0.1, -0.05) is 12.8 Å².